The lowest BCUT2D eigenvalue weighted by Crippen LogP contribution is -2.43. The van der Waals surface area contributed by atoms with Gasteiger partial charge in [0.25, 0.3) is 11.5 Å². The molecule has 3 unspecified atom stereocenters. The summed E-state index contributed by atoms with van der Waals surface area (Å²) < 4.78 is 1.62. The molecule has 1 aromatic carbocycles. The highest BCUT2D eigenvalue weighted by Crippen LogP contribution is 2.29. The van der Waals surface area contributed by atoms with Crippen LogP contribution in [-0.2, 0) is 0 Å². The fraction of sp³-hybridized carbons (Fsp3) is 0.421. The van der Waals surface area contributed by atoms with Crippen LogP contribution < -0.4 is 10.9 Å². The molecule has 1 fully saturated rings. The van der Waals surface area contributed by atoms with E-state index in [1.807, 2.05) is 18.2 Å². The van der Waals surface area contributed by atoms with Crippen LogP contribution in [0.15, 0.2) is 35.3 Å². The number of amides is 1. The second kappa shape index (κ2) is 6.02. The van der Waals surface area contributed by atoms with E-state index in [0.717, 1.165) is 12.8 Å². The van der Waals surface area contributed by atoms with E-state index < -0.39 is 0 Å². The Hall–Kier alpha value is -2.63. The van der Waals surface area contributed by atoms with Crippen LogP contribution in [0.1, 0.15) is 43.5 Å². The number of H-pyrrole nitrogens is 1. The Kier molecular flexibility index (Phi) is 3.82. The Morgan fingerprint density at radius 2 is 2.08 bits per heavy atom. The first-order valence-corrected chi connectivity index (χ1v) is 8.86. The van der Waals surface area contributed by atoms with Crippen molar-refractivity contribution in [1.82, 2.24) is 19.9 Å². The maximum absolute atomic E-state index is 12.8. The molecule has 2 aromatic heterocycles. The van der Waals surface area contributed by atoms with Gasteiger partial charge >= 0.3 is 0 Å². The number of aromatic nitrogens is 3. The fourth-order valence-corrected chi connectivity index (χ4v) is 3.87. The topological polar surface area (TPSA) is 79.3 Å². The standard InChI is InChI=1S/C19H22N4O2/c1-11-6-5-8-15(12(11)2)21-19(25)14-10-20-23-16-9-4-3-7-13(16)18(24)22-17(14)23/h3-4,7,9-12,15H,5-6,8H2,1-2H3,(H,21,25)(H,22,24). The SMILES string of the molecule is CC1CCCC(NC(=O)c2cnn3c2[nH]c(=O)c2ccccc23)C1C. The molecule has 0 bridgehead atoms. The predicted molar refractivity (Wildman–Crippen MR) is 96.8 cm³/mol. The number of carbonyl (C=O) groups is 1. The number of aromatic amines is 1. The van der Waals surface area contributed by atoms with E-state index in [0.29, 0.717) is 33.9 Å². The lowest BCUT2D eigenvalue weighted by atomic mass is 9.78. The second-order valence-electron chi connectivity index (χ2n) is 7.14. The quantitative estimate of drug-likeness (QED) is 0.754. The van der Waals surface area contributed by atoms with Crippen molar-refractivity contribution in [3.05, 3.63) is 46.4 Å². The molecular formula is C19H22N4O2. The molecule has 1 amide bonds. The molecule has 2 heterocycles. The molecule has 6 nitrogen and oxygen atoms in total. The van der Waals surface area contributed by atoms with Gasteiger partial charge in [0.1, 0.15) is 11.2 Å². The zero-order valence-corrected chi connectivity index (χ0v) is 14.5. The predicted octanol–water partition coefficient (Wildman–Crippen LogP) is 2.73. The van der Waals surface area contributed by atoms with Crippen LogP contribution in [0, 0.1) is 11.8 Å². The third-order valence-corrected chi connectivity index (χ3v) is 5.65. The zero-order valence-electron chi connectivity index (χ0n) is 14.5. The molecule has 2 N–H and O–H groups in total. The Morgan fingerprint density at radius 1 is 1.28 bits per heavy atom. The van der Waals surface area contributed by atoms with E-state index >= 15 is 0 Å². The van der Waals surface area contributed by atoms with E-state index in [4.69, 9.17) is 0 Å². The van der Waals surface area contributed by atoms with Gasteiger partial charge in [0.2, 0.25) is 0 Å². The van der Waals surface area contributed by atoms with Crippen LogP contribution >= 0.6 is 0 Å². The van der Waals surface area contributed by atoms with E-state index in [-0.39, 0.29) is 17.5 Å². The van der Waals surface area contributed by atoms with Crippen LogP contribution in [0.4, 0.5) is 0 Å². The van der Waals surface area contributed by atoms with Gasteiger partial charge in [-0.3, -0.25) is 9.59 Å². The molecule has 0 saturated heterocycles. The highest BCUT2D eigenvalue weighted by atomic mass is 16.2. The minimum absolute atomic E-state index is 0.165. The Morgan fingerprint density at radius 3 is 2.92 bits per heavy atom. The lowest BCUT2D eigenvalue weighted by Gasteiger charge is -2.34. The number of rotatable bonds is 2. The molecule has 3 atom stereocenters. The second-order valence-corrected chi connectivity index (χ2v) is 7.14. The van der Waals surface area contributed by atoms with Gasteiger partial charge in [-0.2, -0.15) is 5.10 Å². The van der Waals surface area contributed by atoms with Crippen molar-refractivity contribution in [2.24, 2.45) is 11.8 Å². The highest BCUT2D eigenvalue weighted by molar-refractivity contribution is 6.00. The number of para-hydroxylation sites is 1. The molecule has 0 spiro atoms. The molecule has 0 aliphatic heterocycles. The summed E-state index contributed by atoms with van der Waals surface area (Å²) in [7, 11) is 0. The summed E-state index contributed by atoms with van der Waals surface area (Å²) in [5.41, 5.74) is 1.34. The summed E-state index contributed by atoms with van der Waals surface area (Å²) in [5, 5.41) is 8.02. The maximum atomic E-state index is 12.8. The summed E-state index contributed by atoms with van der Waals surface area (Å²) in [4.78, 5) is 27.9. The molecular weight excluding hydrogens is 316 g/mol. The number of benzene rings is 1. The van der Waals surface area contributed by atoms with Gasteiger partial charge in [-0.05, 0) is 30.4 Å². The van der Waals surface area contributed by atoms with Gasteiger partial charge in [0.15, 0.2) is 0 Å². The summed E-state index contributed by atoms with van der Waals surface area (Å²) >= 11 is 0. The number of fused-ring (bicyclic) bond motifs is 3. The smallest absolute Gasteiger partial charge is 0.259 e. The first-order chi connectivity index (χ1) is 12.1. The van der Waals surface area contributed by atoms with Crippen LogP contribution in [0.3, 0.4) is 0 Å². The van der Waals surface area contributed by atoms with Gasteiger partial charge in [-0.25, -0.2) is 4.52 Å². The fourth-order valence-electron chi connectivity index (χ4n) is 3.87. The minimum atomic E-state index is -0.211. The number of carbonyl (C=O) groups excluding carboxylic acids is 1. The van der Waals surface area contributed by atoms with Crippen molar-refractivity contribution >= 4 is 22.5 Å². The van der Waals surface area contributed by atoms with Crippen molar-refractivity contribution in [3.8, 4) is 0 Å². The summed E-state index contributed by atoms with van der Waals surface area (Å²) in [5.74, 6) is 0.873. The molecule has 3 aromatic rings. The number of hydrogen-bond acceptors (Lipinski definition) is 3. The van der Waals surface area contributed by atoms with Crippen LogP contribution in [-0.4, -0.2) is 26.5 Å². The molecule has 0 radical (unpaired) electrons. The van der Waals surface area contributed by atoms with E-state index in [9.17, 15) is 9.59 Å². The summed E-state index contributed by atoms with van der Waals surface area (Å²) in [6, 6.07) is 7.41. The molecule has 130 valence electrons. The van der Waals surface area contributed by atoms with E-state index in [1.54, 1.807) is 10.6 Å². The molecule has 4 rings (SSSR count). The van der Waals surface area contributed by atoms with Gasteiger partial charge in [-0.15, -0.1) is 0 Å². The van der Waals surface area contributed by atoms with Crippen molar-refractivity contribution in [2.45, 2.75) is 39.2 Å². The normalized spacial score (nSPS) is 23.8. The van der Waals surface area contributed by atoms with Gasteiger partial charge in [-0.1, -0.05) is 38.8 Å². The minimum Gasteiger partial charge on any atom is -0.349 e. The first kappa shape index (κ1) is 15.9. The average Bonchev–Trinajstić information content (AvgIpc) is 3.03. The number of nitrogens with one attached hydrogen (secondary N) is 2. The van der Waals surface area contributed by atoms with Crippen LogP contribution in [0.5, 0.6) is 0 Å². The average molecular weight is 338 g/mol. The number of nitrogens with zero attached hydrogens (tertiary/aromatic N) is 2. The highest BCUT2D eigenvalue weighted by Gasteiger charge is 2.29. The van der Waals surface area contributed by atoms with Crippen molar-refractivity contribution in [2.75, 3.05) is 0 Å². The van der Waals surface area contributed by atoms with Crippen LogP contribution in [0.2, 0.25) is 0 Å². The molecule has 1 saturated carbocycles. The lowest BCUT2D eigenvalue weighted by molar-refractivity contribution is 0.0892. The Bertz CT molecular complexity index is 1000. The summed E-state index contributed by atoms with van der Waals surface area (Å²) in [6.07, 6.45) is 4.87. The molecule has 6 heteroatoms. The molecule has 1 aliphatic carbocycles. The largest absolute Gasteiger partial charge is 0.349 e. The van der Waals surface area contributed by atoms with Crippen LogP contribution in [0.25, 0.3) is 16.6 Å². The zero-order chi connectivity index (χ0) is 17.6. The van der Waals surface area contributed by atoms with E-state index in [1.165, 1.54) is 12.6 Å². The molecule has 25 heavy (non-hydrogen) atoms. The van der Waals surface area contributed by atoms with Gasteiger partial charge in [0, 0.05) is 6.04 Å². The van der Waals surface area contributed by atoms with Gasteiger partial charge in [0.05, 0.1) is 17.1 Å². The Balaban J connectivity index is 1.72. The third kappa shape index (κ3) is 2.62. The van der Waals surface area contributed by atoms with Crippen molar-refractivity contribution < 1.29 is 4.79 Å². The number of hydrogen-bond donors (Lipinski definition) is 2. The van der Waals surface area contributed by atoms with Crippen molar-refractivity contribution in [3.63, 3.8) is 0 Å². The monoisotopic (exact) mass is 338 g/mol. The van der Waals surface area contributed by atoms with Crippen molar-refractivity contribution in [1.29, 1.82) is 0 Å². The first-order valence-electron chi connectivity index (χ1n) is 8.86. The summed E-state index contributed by atoms with van der Waals surface area (Å²) in [6.45, 7) is 4.43. The Labute approximate surface area is 145 Å². The van der Waals surface area contributed by atoms with Gasteiger partial charge < -0.3 is 10.3 Å². The third-order valence-electron chi connectivity index (χ3n) is 5.65. The van der Waals surface area contributed by atoms with E-state index in [2.05, 4.69) is 29.2 Å². The maximum Gasteiger partial charge on any atom is 0.259 e. The molecule has 1 aliphatic rings.